The van der Waals surface area contributed by atoms with Crippen molar-refractivity contribution in [2.75, 3.05) is 20.2 Å². The number of piperidine rings is 1. The van der Waals surface area contributed by atoms with Gasteiger partial charge in [-0.05, 0) is 61.1 Å². The Morgan fingerprint density at radius 3 is 2.19 bits per heavy atom. The van der Waals surface area contributed by atoms with Crippen LogP contribution in [-0.2, 0) is 17.8 Å². The first-order valence-electron chi connectivity index (χ1n) is 11.5. The van der Waals surface area contributed by atoms with E-state index in [4.69, 9.17) is 16.3 Å². The van der Waals surface area contributed by atoms with Gasteiger partial charge in [-0.3, -0.25) is 4.79 Å². The number of hydrogen-bond donors (Lipinski definition) is 0. The van der Waals surface area contributed by atoms with Crippen molar-refractivity contribution in [2.45, 2.75) is 63.6 Å². The third kappa shape index (κ3) is 5.81. The molecule has 0 bridgehead atoms. The Morgan fingerprint density at radius 2 is 1.58 bits per heavy atom. The number of ether oxygens (including phenoxy) is 1. The van der Waals surface area contributed by atoms with Gasteiger partial charge in [-0.25, -0.2) is 0 Å². The molecule has 0 radical (unpaired) electrons. The molecule has 4 rings (SSSR count). The molecule has 1 saturated carbocycles. The molecule has 1 aliphatic carbocycles. The SMILES string of the molecule is COc1ccc(CC(=O)N(Cc2ccc(Cl)cc2)C2CCN(C3CCCC3)CC2)cc1. The second-order valence-electron chi connectivity index (χ2n) is 8.88. The average Bonchev–Trinajstić information content (AvgIpc) is 3.34. The van der Waals surface area contributed by atoms with Crippen LogP contribution in [0.5, 0.6) is 5.75 Å². The first-order chi connectivity index (χ1) is 15.1. The monoisotopic (exact) mass is 440 g/mol. The highest BCUT2D eigenvalue weighted by Crippen LogP contribution is 2.28. The highest BCUT2D eigenvalue weighted by molar-refractivity contribution is 6.30. The standard InChI is InChI=1S/C26H33ClN2O2/c1-31-25-12-8-20(9-13-25)18-26(30)29(19-21-6-10-22(27)11-7-21)24-14-16-28(17-15-24)23-4-2-3-5-23/h6-13,23-24H,2-5,14-19H2,1H3. The quantitative estimate of drug-likeness (QED) is 0.583. The Kier molecular flexibility index (Phi) is 7.52. The number of likely N-dealkylation sites (tertiary alicyclic amines) is 1. The molecule has 2 aliphatic rings. The van der Waals surface area contributed by atoms with E-state index in [0.717, 1.165) is 53.9 Å². The van der Waals surface area contributed by atoms with Crippen LogP contribution in [0.2, 0.25) is 5.02 Å². The van der Waals surface area contributed by atoms with Crippen LogP contribution >= 0.6 is 11.6 Å². The highest BCUT2D eigenvalue weighted by atomic mass is 35.5. The molecule has 0 unspecified atom stereocenters. The maximum absolute atomic E-state index is 13.4. The van der Waals surface area contributed by atoms with Crippen molar-refractivity contribution in [3.05, 3.63) is 64.7 Å². The number of hydrogen-bond acceptors (Lipinski definition) is 3. The fourth-order valence-corrected chi connectivity index (χ4v) is 5.19. The fourth-order valence-electron chi connectivity index (χ4n) is 5.06. The summed E-state index contributed by atoms with van der Waals surface area (Å²) in [5, 5.41) is 0.727. The Morgan fingerprint density at radius 1 is 0.968 bits per heavy atom. The highest BCUT2D eigenvalue weighted by Gasteiger charge is 2.31. The molecule has 5 heteroatoms. The van der Waals surface area contributed by atoms with E-state index >= 15 is 0 Å². The Labute approximate surface area is 191 Å². The van der Waals surface area contributed by atoms with Crippen molar-refractivity contribution in [3.63, 3.8) is 0 Å². The number of methoxy groups -OCH3 is 1. The van der Waals surface area contributed by atoms with E-state index in [1.165, 1.54) is 25.7 Å². The van der Waals surface area contributed by atoms with Crippen LogP contribution in [0.15, 0.2) is 48.5 Å². The minimum absolute atomic E-state index is 0.194. The van der Waals surface area contributed by atoms with Gasteiger partial charge in [0.2, 0.25) is 5.91 Å². The Hall–Kier alpha value is -2.04. The molecule has 0 N–H and O–H groups in total. The van der Waals surface area contributed by atoms with Crippen molar-refractivity contribution in [1.82, 2.24) is 9.80 Å². The summed E-state index contributed by atoms with van der Waals surface area (Å²) in [6, 6.07) is 16.8. The summed E-state index contributed by atoms with van der Waals surface area (Å²) in [6.45, 7) is 2.84. The third-order valence-electron chi connectivity index (χ3n) is 6.88. The molecule has 0 spiro atoms. The maximum Gasteiger partial charge on any atom is 0.227 e. The van der Waals surface area contributed by atoms with Gasteiger partial charge in [-0.2, -0.15) is 0 Å². The van der Waals surface area contributed by atoms with Gasteiger partial charge >= 0.3 is 0 Å². The molecule has 31 heavy (non-hydrogen) atoms. The minimum atomic E-state index is 0.194. The number of halogens is 1. The molecule has 1 saturated heterocycles. The number of rotatable bonds is 7. The van der Waals surface area contributed by atoms with Crippen molar-refractivity contribution >= 4 is 17.5 Å². The van der Waals surface area contributed by atoms with Crippen LogP contribution in [0.3, 0.4) is 0 Å². The van der Waals surface area contributed by atoms with Crippen molar-refractivity contribution in [2.24, 2.45) is 0 Å². The van der Waals surface area contributed by atoms with E-state index in [1.54, 1.807) is 7.11 Å². The molecule has 0 aromatic heterocycles. The lowest BCUT2D eigenvalue weighted by Crippen LogP contribution is -2.49. The molecule has 2 aromatic rings. The zero-order valence-corrected chi connectivity index (χ0v) is 19.2. The van der Waals surface area contributed by atoms with Crippen LogP contribution in [0, 0.1) is 0 Å². The largest absolute Gasteiger partial charge is 0.497 e. The first kappa shape index (κ1) is 22.2. The molecule has 1 heterocycles. The van der Waals surface area contributed by atoms with E-state index in [0.29, 0.717) is 19.0 Å². The summed E-state index contributed by atoms with van der Waals surface area (Å²) in [5.41, 5.74) is 2.15. The summed E-state index contributed by atoms with van der Waals surface area (Å²) in [4.78, 5) is 18.2. The minimum Gasteiger partial charge on any atom is -0.497 e. The number of benzene rings is 2. The number of carbonyl (C=O) groups is 1. The lowest BCUT2D eigenvalue weighted by molar-refractivity contribution is -0.134. The van der Waals surface area contributed by atoms with Crippen LogP contribution < -0.4 is 4.74 Å². The smallest absolute Gasteiger partial charge is 0.227 e. The zero-order valence-electron chi connectivity index (χ0n) is 18.4. The normalized spacial score (nSPS) is 18.3. The van der Waals surface area contributed by atoms with Gasteiger partial charge in [-0.15, -0.1) is 0 Å². The molecule has 1 amide bonds. The second kappa shape index (κ2) is 10.5. The third-order valence-corrected chi connectivity index (χ3v) is 7.13. The predicted molar refractivity (Wildman–Crippen MR) is 126 cm³/mol. The molecule has 166 valence electrons. The molecule has 4 nitrogen and oxygen atoms in total. The van der Waals surface area contributed by atoms with Crippen LogP contribution in [0.25, 0.3) is 0 Å². The summed E-state index contributed by atoms with van der Waals surface area (Å²) < 4.78 is 5.25. The van der Waals surface area contributed by atoms with Crippen LogP contribution in [-0.4, -0.2) is 48.0 Å². The summed E-state index contributed by atoms with van der Waals surface area (Å²) in [6.07, 6.45) is 7.95. The number of carbonyl (C=O) groups excluding carboxylic acids is 1. The maximum atomic E-state index is 13.4. The molecule has 2 fully saturated rings. The van der Waals surface area contributed by atoms with Crippen molar-refractivity contribution in [1.29, 1.82) is 0 Å². The molecule has 2 aromatic carbocycles. The average molecular weight is 441 g/mol. The lowest BCUT2D eigenvalue weighted by atomic mass is 9.99. The zero-order chi connectivity index (χ0) is 21.6. The Balaban J connectivity index is 1.45. The predicted octanol–water partition coefficient (Wildman–Crippen LogP) is 5.33. The molecule has 0 atom stereocenters. The summed E-state index contributed by atoms with van der Waals surface area (Å²) in [7, 11) is 1.66. The number of amides is 1. The topological polar surface area (TPSA) is 32.8 Å². The Bertz CT molecular complexity index is 839. The van der Waals surface area contributed by atoms with Gasteiger partial charge in [0, 0.05) is 36.7 Å². The fraction of sp³-hybridized carbons (Fsp3) is 0.500. The molecular weight excluding hydrogens is 408 g/mol. The summed E-state index contributed by atoms with van der Waals surface area (Å²) in [5.74, 6) is 1.01. The van der Waals surface area contributed by atoms with Crippen LogP contribution in [0.1, 0.15) is 49.7 Å². The van der Waals surface area contributed by atoms with Crippen LogP contribution in [0.4, 0.5) is 0 Å². The first-order valence-corrected chi connectivity index (χ1v) is 11.9. The van der Waals surface area contributed by atoms with Crippen molar-refractivity contribution in [3.8, 4) is 5.75 Å². The van der Waals surface area contributed by atoms with Gasteiger partial charge in [0.15, 0.2) is 0 Å². The molecular formula is C26H33ClN2O2. The van der Waals surface area contributed by atoms with Gasteiger partial charge in [0.25, 0.3) is 0 Å². The molecule has 1 aliphatic heterocycles. The second-order valence-corrected chi connectivity index (χ2v) is 9.31. The summed E-state index contributed by atoms with van der Waals surface area (Å²) >= 11 is 6.07. The van der Waals surface area contributed by atoms with Crippen molar-refractivity contribution < 1.29 is 9.53 Å². The van der Waals surface area contributed by atoms with Gasteiger partial charge in [0.05, 0.1) is 13.5 Å². The van der Waals surface area contributed by atoms with E-state index in [1.807, 2.05) is 48.5 Å². The van der Waals surface area contributed by atoms with E-state index in [2.05, 4.69) is 9.80 Å². The van der Waals surface area contributed by atoms with Gasteiger partial charge < -0.3 is 14.5 Å². The number of nitrogens with zero attached hydrogens (tertiary/aromatic N) is 2. The van der Waals surface area contributed by atoms with E-state index in [9.17, 15) is 4.79 Å². The van der Waals surface area contributed by atoms with E-state index in [-0.39, 0.29) is 5.91 Å². The van der Waals surface area contributed by atoms with E-state index < -0.39 is 0 Å². The lowest BCUT2D eigenvalue weighted by Gasteiger charge is -2.41. The van der Waals surface area contributed by atoms with Gasteiger partial charge in [-0.1, -0.05) is 48.7 Å². The van der Waals surface area contributed by atoms with Gasteiger partial charge in [0.1, 0.15) is 5.75 Å².